The number of nitrogens with zero attached hydrogens (tertiary/aromatic N) is 4. The molecule has 0 aliphatic carbocycles. The summed E-state index contributed by atoms with van der Waals surface area (Å²) in [7, 11) is 5.24. The molecule has 0 saturated carbocycles. The van der Waals surface area contributed by atoms with Crippen LogP contribution in [0.1, 0.15) is 4.88 Å². The number of hydrogen-bond donors (Lipinski definition) is 1. The fraction of sp³-hybridized carbons (Fsp3) is 0.364. The largest absolute Gasteiger partial charge is 0.467 e. The predicted molar refractivity (Wildman–Crippen MR) is 72.4 cm³/mol. The Morgan fingerprint density at radius 3 is 2.83 bits per heavy atom. The lowest BCUT2D eigenvalue weighted by Crippen LogP contribution is -2.19. The highest BCUT2D eigenvalue weighted by Crippen LogP contribution is 2.17. The lowest BCUT2D eigenvalue weighted by atomic mass is 10.4. The van der Waals surface area contributed by atoms with E-state index >= 15 is 0 Å². The Kier molecular flexibility index (Phi) is 3.93. The minimum Gasteiger partial charge on any atom is -0.467 e. The Balaban J connectivity index is 2.20. The Labute approximate surface area is 110 Å². The molecule has 2 heterocycles. The summed E-state index contributed by atoms with van der Waals surface area (Å²) in [6, 6.07) is 4.42. The number of anilines is 2. The van der Waals surface area contributed by atoms with Gasteiger partial charge in [0, 0.05) is 19.0 Å². The Morgan fingerprint density at radius 2 is 2.22 bits per heavy atom. The van der Waals surface area contributed by atoms with Gasteiger partial charge in [0.05, 0.1) is 13.7 Å². The minimum absolute atomic E-state index is 0.308. The van der Waals surface area contributed by atoms with Crippen LogP contribution in [0.4, 0.5) is 11.9 Å². The van der Waals surface area contributed by atoms with Crippen LogP contribution in [-0.4, -0.2) is 36.2 Å². The number of aromatic nitrogens is 3. The highest BCUT2D eigenvalue weighted by Gasteiger charge is 2.10. The molecule has 7 heteroatoms. The maximum Gasteiger partial charge on any atom is 0.322 e. The van der Waals surface area contributed by atoms with E-state index < -0.39 is 0 Å². The van der Waals surface area contributed by atoms with E-state index in [0.29, 0.717) is 17.9 Å². The van der Waals surface area contributed by atoms with Crippen LogP contribution >= 0.6 is 11.3 Å². The van der Waals surface area contributed by atoms with Crippen molar-refractivity contribution < 1.29 is 4.74 Å². The summed E-state index contributed by atoms with van der Waals surface area (Å²) in [4.78, 5) is 15.8. The highest BCUT2D eigenvalue weighted by atomic mass is 32.1. The van der Waals surface area contributed by atoms with Crippen molar-refractivity contribution in [2.75, 3.05) is 31.4 Å². The number of methoxy groups -OCH3 is 1. The molecule has 18 heavy (non-hydrogen) atoms. The first-order chi connectivity index (χ1) is 8.72. The molecule has 0 saturated heterocycles. The molecular formula is C11H15N5OS. The van der Waals surface area contributed by atoms with Gasteiger partial charge in [0.15, 0.2) is 0 Å². The zero-order valence-electron chi connectivity index (χ0n) is 10.5. The van der Waals surface area contributed by atoms with Crippen LogP contribution in [-0.2, 0) is 6.54 Å². The summed E-state index contributed by atoms with van der Waals surface area (Å²) in [5.41, 5.74) is 0. The lowest BCUT2D eigenvalue weighted by molar-refractivity contribution is 0.379. The molecule has 1 N–H and O–H groups in total. The molecule has 0 aliphatic rings. The SMILES string of the molecule is CNc1nc(OC)nc(N(C)Cc2cccs2)n1. The van der Waals surface area contributed by atoms with Gasteiger partial charge in [-0.3, -0.25) is 0 Å². The molecule has 96 valence electrons. The van der Waals surface area contributed by atoms with Crippen LogP contribution in [0, 0.1) is 0 Å². The average molecular weight is 265 g/mol. The van der Waals surface area contributed by atoms with Gasteiger partial charge in [-0.1, -0.05) is 6.07 Å². The van der Waals surface area contributed by atoms with Crippen LogP contribution in [0.3, 0.4) is 0 Å². The third-order valence-electron chi connectivity index (χ3n) is 2.32. The van der Waals surface area contributed by atoms with Gasteiger partial charge < -0.3 is 15.0 Å². The maximum absolute atomic E-state index is 5.06. The summed E-state index contributed by atoms with van der Waals surface area (Å²) in [6.45, 7) is 0.758. The van der Waals surface area contributed by atoms with E-state index in [0.717, 1.165) is 6.54 Å². The summed E-state index contributed by atoms with van der Waals surface area (Å²) in [6.07, 6.45) is 0. The minimum atomic E-state index is 0.308. The van der Waals surface area contributed by atoms with Crippen molar-refractivity contribution >= 4 is 23.2 Å². The molecule has 0 aliphatic heterocycles. The second-order valence-corrected chi connectivity index (χ2v) is 4.66. The smallest absolute Gasteiger partial charge is 0.322 e. The number of ether oxygens (including phenoxy) is 1. The van der Waals surface area contributed by atoms with Crippen LogP contribution < -0.4 is 15.0 Å². The summed E-state index contributed by atoms with van der Waals surface area (Å²) in [5.74, 6) is 1.08. The van der Waals surface area contributed by atoms with E-state index in [1.165, 1.54) is 12.0 Å². The van der Waals surface area contributed by atoms with E-state index in [2.05, 4.69) is 31.7 Å². The van der Waals surface area contributed by atoms with Crippen molar-refractivity contribution in [1.29, 1.82) is 0 Å². The Hall–Kier alpha value is -1.89. The first-order valence-corrected chi connectivity index (χ1v) is 6.32. The number of nitrogens with one attached hydrogen (secondary N) is 1. The van der Waals surface area contributed by atoms with Gasteiger partial charge in [0.2, 0.25) is 11.9 Å². The van der Waals surface area contributed by atoms with E-state index in [1.807, 2.05) is 18.0 Å². The molecule has 0 aromatic carbocycles. The molecule has 0 amide bonds. The van der Waals surface area contributed by atoms with Gasteiger partial charge in [-0.15, -0.1) is 11.3 Å². The standard InChI is InChI=1S/C11H15N5OS/c1-12-9-13-10(15-11(14-9)17-3)16(2)7-8-5-4-6-18-8/h4-6H,7H2,1-3H3,(H,12,13,14,15). The zero-order valence-corrected chi connectivity index (χ0v) is 11.4. The van der Waals surface area contributed by atoms with Crippen LogP contribution in [0.5, 0.6) is 6.01 Å². The summed E-state index contributed by atoms with van der Waals surface area (Å²) < 4.78 is 5.06. The van der Waals surface area contributed by atoms with Crippen molar-refractivity contribution in [2.45, 2.75) is 6.54 Å². The fourth-order valence-electron chi connectivity index (χ4n) is 1.43. The second kappa shape index (κ2) is 5.63. The fourth-order valence-corrected chi connectivity index (χ4v) is 2.18. The molecule has 0 atom stereocenters. The number of thiophene rings is 1. The van der Waals surface area contributed by atoms with Crippen molar-refractivity contribution in [1.82, 2.24) is 15.0 Å². The van der Waals surface area contributed by atoms with Gasteiger partial charge in [-0.2, -0.15) is 15.0 Å². The quantitative estimate of drug-likeness (QED) is 0.886. The van der Waals surface area contributed by atoms with Crippen molar-refractivity contribution in [2.24, 2.45) is 0 Å². The second-order valence-electron chi connectivity index (χ2n) is 3.63. The predicted octanol–water partition coefficient (Wildman–Crippen LogP) is 1.62. The summed E-state index contributed by atoms with van der Waals surface area (Å²) in [5, 5.41) is 4.94. The molecule has 2 aromatic rings. The molecule has 2 rings (SSSR count). The molecule has 6 nitrogen and oxygen atoms in total. The van der Waals surface area contributed by atoms with Crippen LogP contribution in [0.25, 0.3) is 0 Å². The van der Waals surface area contributed by atoms with Crippen molar-refractivity contribution in [3.63, 3.8) is 0 Å². The Morgan fingerprint density at radius 1 is 1.39 bits per heavy atom. The molecular weight excluding hydrogens is 250 g/mol. The number of hydrogen-bond acceptors (Lipinski definition) is 7. The van der Waals surface area contributed by atoms with Gasteiger partial charge >= 0.3 is 6.01 Å². The molecule has 0 fully saturated rings. The molecule has 0 bridgehead atoms. The van der Waals surface area contributed by atoms with E-state index in [-0.39, 0.29) is 0 Å². The molecule has 0 radical (unpaired) electrons. The monoisotopic (exact) mass is 265 g/mol. The first-order valence-electron chi connectivity index (χ1n) is 5.44. The maximum atomic E-state index is 5.06. The van der Waals surface area contributed by atoms with Gasteiger partial charge in [-0.25, -0.2) is 0 Å². The normalized spacial score (nSPS) is 10.2. The lowest BCUT2D eigenvalue weighted by Gasteiger charge is -2.16. The van der Waals surface area contributed by atoms with Crippen molar-refractivity contribution in [3.8, 4) is 6.01 Å². The molecule has 0 unspecified atom stereocenters. The third kappa shape index (κ3) is 2.86. The number of rotatable bonds is 5. The van der Waals surface area contributed by atoms with Crippen LogP contribution in [0.15, 0.2) is 17.5 Å². The zero-order chi connectivity index (χ0) is 13.0. The molecule has 2 aromatic heterocycles. The van der Waals surface area contributed by atoms with E-state index in [9.17, 15) is 0 Å². The van der Waals surface area contributed by atoms with Gasteiger partial charge in [0.1, 0.15) is 0 Å². The van der Waals surface area contributed by atoms with Crippen LogP contribution in [0.2, 0.25) is 0 Å². The Bertz CT molecular complexity index is 480. The summed E-state index contributed by atoms with van der Waals surface area (Å²) >= 11 is 1.71. The van der Waals surface area contributed by atoms with Gasteiger partial charge in [-0.05, 0) is 11.4 Å². The van der Waals surface area contributed by atoms with Crippen molar-refractivity contribution in [3.05, 3.63) is 22.4 Å². The highest BCUT2D eigenvalue weighted by molar-refractivity contribution is 7.09. The topological polar surface area (TPSA) is 63.2 Å². The van der Waals surface area contributed by atoms with E-state index in [1.54, 1.807) is 18.4 Å². The average Bonchev–Trinajstić information content (AvgIpc) is 2.90. The first kappa shape index (κ1) is 12.6. The van der Waals surface area contributed by atoms with E-state index in [4.69, 9.17) is 4.74 Å². The third-order valence-corrected chi connectivity index (χ3v) is 3.18. The molecule has 0 spiro atoms. The van der Waals surface area contributed by atoms with Gasteiger partial charge in [0.25, 0.3) is 0 Å².